The minimum atomic E-state index is 0.263. The Morgan fingerprint density at radius 3 is 2.50 bits per heavy atom. The van der Waals surface area contributed by atoms with Crippen LogP contribution in [0.25, 0.3) is 0 Å². The third-order valence-corrected chi connectivity index (χ3v) is 3.39. The van der Waals surface area contributed by atoms with Crippen LogP contribution < -0.4 is 0 Å². The van der Waals surface area contributed by atoms with Gasteiger partial charge in [-0.3, -0.25) is 0 Å². The number of hydrogen-bond donors (Lipinski definition) is 1. The summed E-state index contributed by atoms with van der Waals surface area (Å²) in [6, 6.07) is 2.12. The summed E-state index contributed by atoms with van der Waals surface area (Å²) in [5.41, 5.74) is 1.31. The zero-order chi connectivity index (χ0) is 9.14. The lowest BCUT2D eigenvalue weighted by atomic mass is 9.93. The molecule has 1 nitrogen and oxygen atoms in total. The third-order valence-electron chi connectivity index (χ3n) is 2.24. The molecule has 12 heavy (non-hydrogen) atoms. The standard InChI is InChI=1S/C10H16OS/c1-7(2)9(6-11)10-8(3)4-5-12-10/h4-5,7,9,11H,6H2,1-3H3. The SMILES string of the molecule is Cc1ccsc1C(CO)C(C)C. The van der Waals surface area contributed by atoms with E-state index < -0.39 is 0 Å². The Morgan fingerprint density at radius 2 is 2.17 bits per heavy atom. The lowest BCUT2D eigenvalue weighted by Crippen LogP contribution is -2.10. The van der Waals surface area contributed by atoms with Crippen LogP contribution in [0.2, 0.25) is 0 Å². The van der Waals surface area contributed by atoms with Crippen molar-refractivity contribution in [2.75, 3.05) is 6.61 Å². The van der Waals surface area contributed by atoms with E-state index in [1.165, 1.54) is 10.4 Å². The van der Waals surface area contributed by atoms with E-state index in [9.17, 15) is 5.11 Å². The first-order chi connectivity index (χ1) is 5.66. The number of hydrogen-bond acceptors (Lipinski definition) is 2. The summed E-state index contributed by atoms with van der Waals surface area (Å²) in [5.74, 6) is 0.845. The second-order valence-corrected chi connectivity index (χ2v) is 4.45. The van der Waals surface area contributed by atoms with Crippen molar-refractivity contribution in [2.24, 2.45) is 5.92 Å². The molecule has 1 heterocycles. The van der Waals surface area contributed by atoms with Crippen LogP contribution in [0.4, 0.5) is 0 Å². The average Bonchev–Trinajstić information content (AvgIpc) is 2.38. The maximum atomic E-state index is 9.20. The molecule has 2 heteroatoms. The van der Waals surface area contributed by atoms with Crippen molar-refractivity contribution >= 4 is 11.3 Å². The summed E-state index contributed by atoms with van der Waals surface area (Å²) in [6.45, 7) is 6.68. The van der Waals surface area contributed by atoms with Crippen LogP contribution in [0.3, 0.4) is 0 Å². The predicted octanol–water partition coefficient (Wildman–Crippen LogP) is 2.79. The highest BCUT2D eigenvalue weighted by Gasteiger charge is 2.17. The van der Waals surface area contributed by atoms with Gasteiger partial charge >= 0.3 is 0 Å². The molecule has 0 saturated carbocycles. The highest BCUT2D eigenvalue weighted by atomic mass is 32.1. The summed E-state index contributed by atoms with van der Waals surface area (Å²) >= 11 is 1.75. The van der Waals surface area contributed by atoms with Crippen LogP contribution in [0.5, 0.6) is 0 Å². The summed E-state index contributed by atoms with van der Waals surface area (Å²) in [4.78, 5) is 1.34. The van der Waals surface area contributed by atoms with Gasteiger partial charge in [-0.1, -0.05) is 13.8 Å². The fourth-order valence-corrected chi connectivity index (χ4v) is 2.55. The van der Waals surface area contributed by atoms with Crippen LogP contribution in [-0.2, 0) is 0 Å². The molecule has 0 bridgehead atoms. The maximum absolute atomic E-state index is 9.20. The quantitative estimate of drug-likeness (QED) is 0.766. The molecule has 0 amide bonds. The van der Waals surface area contributed by atoms with E-state index in [4.69, 9.17) is 0 Å². The van der Waals surface area contributed by atoms with Crippen molar-refractivity contribution < 1.29 is 5.11 Å². The molecule has 1 atom stereocenters. The third kappa shape index (κ3) is 1.87. The molecule has 0 saturated heterocycles. The number of aliphatic hydroxyl groups is 1. The van der Waals surface area contributed by atoms with Crippen LogP contribution in [-0.4, -0.2) is 11.7 Å². The van der Waals surface area contributed by atoms with Crippen molar-refractivity contribution in [3.05, 3.63) is 21.9 Å². The zero-order valence-electron chi connectivity index (χ0n) is 7.87. The molecule has 0 fully saturated rings. The molecule has 0 aromatic carbocycles. The molecule has 0 aliphatic carbocycles. The summed E-state index contributed by atoms with van der Waals surface area (Å²) < 4.78 is 0. The van der Waals surface area contributed by atoms with Crippen molar-refractivity contribution in [3.8, 4) is 0 Å². The molecule has 0 aliphatic rings. The highest BCUT2D eigenvalue weighted by molar-refractivity contribution is 7.10. The van der Waals surface area contributed by atoms with Gasteiger partial charge in [0.15, 0.2) is 0 Å². The van der Waals surface area contributed by atoms with E-state index in [1.807, 2.05) is 0 Å². The fourth-order valence-electron chi connectivity index (χ4n) is 1.36. The Bertz CT molecular complexity index is 240. The van der Waals surface area contributed by atoms with E-state index in [1.54, 1.807) is 11.3 Å². The van der Waals surface area contributed by atoms with Gasteiger partial charge in [0.1, 0.15) is 0 Å². The first-order valence-electron chi connectivity index (χ1n) is 4.31. The van der Waals surface area contributed by atoms with Crippen molar-refractivity contribution in [1.82, 2.24) is 0 Å². The van der Waals surface area contributed by atoms with E-state index in [2.05, 4.69) is 32.2 Å². The largest absolute Gasteiger partial charge is 0.396 e. The Labute approximate surface area is 78.1 Å². The number of thiophene rings is 1. The Morgan fingerprint density at radius 1 is 1.50 bits per heavy atom. The van der Waals surface area contributed by atoms with Gasteiger partial charge in [0, 0.05) is 10.8 Å². The molecule has 1 aromatic rings. The van der Waals surface area contributed by atoms with Gasteiger partial charge in [0.25, 0.3) is 0 Å². The molecule has 1 rings (SSSR count). The Kier molecular flexibility index (Phi) is 3.29. The lowest BCUT2D eigenvalue weighted by molar-refractivity contribution is 0.239. The minimum absolute atomic E-state index is 0.263. The van der Waals surface area contributed by atoms with Gasteiger partial charge in [0.05, 0.1) is 6.61 Å². The van der Waals surface area contributed by atoms with Gasteiger partial charge in [-0.25, -0.2) is 0 Å². The first-order valence-corrected chi connectivity index (χ1v) is 5.19. The predicted molar refractivity (Wildman–Crippen MR) is 53.7 cm³/mol. The summed E-state index contributed by atoms with van der Waals surface area (Å²) in [5, 5.41) is 11.3. The average molecular weight is 184 g/mol. The smallest absolute Gasteiger partial charge is 0.0510 e. The molecular weight excluding hydrogens is 168 g/mol. The van der Waals surface area contributed by atoms with Crippen LogP contribution in [0, 0.1) is 12.8 Å². The van der Waals surface area contributed by atoms with Crippen molar-refractivity contribution in [2.45, 2.75) is 26.7 Å². The molecule has 1 unspecified atom stereocenters. The second kappa shape index (κ2) is 4.06. The topological polar surface area (TPSA) is 20.2 Å². The van der Waals surface area contributed by atoms with Gasteiger partial charge in [-0.2, -0.15) is 0 Å². The molecule has 68 valence electrons. The molecule has 0 spiro atoms. The van der Waals surface area contributed by atoms with E-state index in [0.717, 1.165) is 0 Å². The second-order valence-electron chi connectivity index (χ2n) is 3.50. The highest BCUT2D eigenvalue weighted by Crippen LogP contribution is 2.30. The summed E-state index contributed by atoms with van der Waals surface area (Å²) in [6.07, 6.45) is 0. The fraction of sp³-hybridized carbons (Fsp3) is 0.600. The molecule has 0 radical (unpaired) electrons. The number of aryl methyl sites for hydroxylation is 1. The molecule has 1 N–H and O–H groups in total. The van der Waals surface area contributed by atoms with Crippen molar-refractivity contribution in [1.29, 1.82) is 0 Å². The van der Waals surface area contributed by atoms with Gasteiger partial charge in [0.2, 0.25) is 0 Å². The molecular formula is C10H16OS. The van der Waals surface area contributed by atoms with Gasteiger partial charge in [-0.05, 0) is 29.9 Å². The minimum Gasteiger partial charge on any atom is -0.396 e. The zero-order valence-corrected chi connectivity index (χ0v) is 8.69. The van der Waals surface area contributed by atoms with E-state index >= 15 is 0 Å². The van der Waals surface area contributed by atoms with Gasteiger partial charge in [-0.15, -0.1) is 11.3 Å². The number of aliphatic hydroxyl groups excluding tert-OH is 1. The van der Waals surface area contributed by atoms with E-state index in [0.29, 0.717) is 11.8 Å². The lowest BCUT2D eigenvalue weighted by Gasteiger charge is -2.17. The normalized spacial score (nSPS) is 13.8. The monoisotopic (exact) mass is 184 g/mol. The van der Waals surface area contributed by atoms with Crippen LogP contribution in [0.1, 0.15) is 30.2 Å². The maximum Gasteiger partial charge on any atom is 0.0510 e. The number of rotatable bonds is 3. The van der Waals surface area contributed by atoms with Crippen molar-refractivity contribution in [3.63, 3.8) is 0 Å². The van der Waals surface area contributed by atoms with E-state index in [-0.39, 0.29) is 6.61 Å². The van der Waals surface area contributed by atoms with Crippen LogP contribution >= 0.6 is 11.3 Å². The molecule has 0 aliphatic heterocycles. The molecule has 1 aromatic heterocycles. The Balaban J connectivity index is 2.87. The van der Waals surface area contributed by atoms with Crippen LogP contribution in [0.15, 0.2) is 11.4 Å². The van der Waals surface area contributed by atoms with Gasteiger partial charge < -0.3 is 5.11 Å². The first kappa shape index (κ1) is 9.75. The Hall–Kier alpha value is -0.340. The summed E-state index contributed by atoms with van der Waals surface area (Å²) in [7, 11) is 0.